The summed E-state index contributed by atoms with van der Waals surface area (Å²) in [7, 11) is 0. The Morgan fingerprint density at radius 3 is 2.18 bits per heavy atom. The maximum atomic E-state index is 12.9. The summed E-state index contributed by atoms with van der Waals surface area (Å²) in [6.07, 6.45) is -13.0. The van der Waals surface area contributed by atoms with E-state index in [1.165, 1.54) is 10.8 Å². The zero-order chi connectivity index (χ0) is 20.7. The minimum atomic E-state index is -4.54. The largest absolute Gasteiger partial charge is 0.417 e. The highest BCUT2D eigenvalue weighted by molar-refractivity contribution is 5.84. The van der Waals surface area contributed by atoms with Gasteiger partial charge in [-0.25, -0.2) is 0 Å². The van der Waals surface area contributed by atoms with Gasteiger partial charge in [-0.1, -0.05) is 18.2 Å². The SMILES string of the molecule is N#CC(C#N)(CCC(F)(F)F)Cn1cc(C2OC2C(F)(F)F)c2ccccc21. The van der Waals surface area contributed by atoms with Crippen LogP contribution in [-0.4, -0.2) is 23.0 Å². The molecule has 2 atom stereocenters. The van der Waals surface area contributed by atoms with Crippen molar-refractivity contribution in [3.63, 3.8) is 0 Å². The van der Waals surface area contributed by atoms with E-state index in [9.17, 15) is 36.9 Å². The molecule has 1 aromatic carbocycles. The molecule has 1 fully saturated rings. The Hall–Kier alpha value is -2.72. The van der Waals surface area contributed by atoms with Crippen molar-refractivity contribution in [2.45, 2.75) is 43.9 Å². The molecule has 2 aromatic rings. The molecule has 2 heterocycles. The van der Waals surface area contributed by atoms with Crippen LogP contribution in [0.2, 0.25) is 0 Å². The summed E-state index contributed by atoms with van der Waals surface area (Å²) >= 11 is 0. The molecule has 2 unspecified atom stereocenters. The molecule has 3 rings (SSSR count). The third-order valence-corrected chi connectivity index (χ3v) is 4.64. The zero-order valence-corrected chi connectivity index (χ0v) is 14.2. The van der Waals surface area contributed by atoms with Crippen LogP contribution in [0.5, 0.6) is 0 Å². The Morgan fingerprint density at radius 1 is 1.00 bits per heavy atom. The molecule has 0 amide bonds. The fourth-order valence-corrected chi connectivity index (χ4v) is 3.16. The lowest BCUT2D eigenvalue weighted by atomic mass is 9.86. The van der Waals surface area contributed by atoms with Gasteiger partial charge in [0.1, 0.15) is 6.10 Å². The molecule has 0 spiro atoms. The zero-order valence-electron chi connectivity index (χ0n) is 14.2. The van der Waals surface area contributed by atoms with Crippen LogP contribution in [0.1, 0.15) is 24.5 Å². The first-order chi connectivity index (χ1) is 13.0. The number of fused-ring (bicyclic) bond motifs is 1. The topological polar surface area (TPSA) is 65.0 Å². The number of nitriles is 2. The highest BCUT2D eigenvalue weighted by atomic mass is 19.4. The molecule has 148 valence electrons. The van der Waals surface area contributed by atoms with Gasteiger partial charge in [-0.15, -0.1) is 0 Å². The number of para-hydroxylation sites is 1. The molecule has 0 aliphatic carbocycles. The molecular formula is C18H13F6N3O. The molecule has 0 bridgehead atoms. The van der Waals surface area contributed by atoms with Gasteiger partial charge in [-0.3, -0.25) is 0 Å². The minimum Gasteiger partial charge on any atom is -0.355 e. The van der Waals surface area contributed by atoms with E-state index in [4.69, 9.17) is 4.74 Å². The molecule has 1 aromatic heterocycles. The number of halogens is 6. The molecular weight excluding hydrogens is 388 g/mol. The molecule has 1 saturated heterocycles. The highest BCUT2D eigenvalue weighted by Crippen LogP contribution is 2.50. The second kappa shape index (κ2) is 6.71. The van der Waals surface area contributed by atoms with Crippen LogP contribution in [-0.2, 0) is 11.3 Å². The molecule has 1 aliphatic rings. The number of ether oxygens (including phenoxy) is 1. The van der Waals surface area contributed by atoms with Crippen molar-refractivity contribution in [2.75, 3.05) is 0 Å². The van der Waals surface area contributed by atoms with E-state index in [-0.39, 0.29) is 5.56 Å². The van der Waals surface area contributed by atoms with Gasteiger partial charge in [-0.05, 0) is 12.5 Å². The van der Waals surface area contributed by atoms with Crippen LogP contribution in [0, 0.1) is 28.1 Å². The van der Waals surface area contributed by atoms with Crippen LogP contribution in [0.4, 0.5) is 26.3 Å². The molecule has 0 N–H and O–H groups in total. The first kappa shape index (κ1) is 20.0. The fourth-order valence-electron chi connectivity index (χ4n) is 3.16. The van der Waals surface area contributed by atoms with E-state index in [0.29, 0.717) is 10.9 Å². The van der Waals surface area contributed by atoms with Gasteiger partial charge >= 0.3 is 12.4 Å². The van der Waals surface area contributed by atoms with Crippen molar-refractivity contribution in [3.05, 3.63) is 36.0 Å². The van der Waals surface area contributed by atoms with Crippen molar-refractivity contribution < 1.29 is 31.1 Å². The van der Waals surface area contributed by atoms with Crippen LogP contribution in [0.15, 0.2) is 30.5 Å². The van der Waals surface area contributed by atoms with E-state index < -0.39 is 49.4 Å². The Bertz CT molecular complexity index is 949. The smallest absolute Gasteiger partial charge is 0.355 e. The van der Waals surface area contributed by atoms with Crippen molar-refractivity contribution in [2.24, 2.45) is 5.41 Å². The summed E-state index contributed by atoms with van der Waals surface area (Å²) in [6.45, 7) is -0.403. The quantitative estimate of drug-likeness (QED) is 0.522. The highest BCUT2D eigenvalue weighted by Gasteiger charge is 2.59. The molecule has 10 heteroatoms. The lowest BCUT2D eigenvalue weighted by Crippen LogP contribution is -2.25. The van der Waals surface area contributed by atoms with Gasteiger partial charge in [0.05, 0.1) is 18.7 Å². The van der Waals surface area contributed by atoms with Gasteiger partial charge in [0.15, 0.2) is 11.5 Å². The van der Waals surface area contributed by atoms with Gasteiger partial charge in [0, 0.05) is 29.1 Å². The summed E-state index contributed by atoms with van der Waals surface area (Å²) < 4.78 is 82.4. The van der Waals surface area contributed by atoms with E-state index in [1.807, 2.05) is 0 Å². The third kappa shape index (κ3) is 3.92. The third-order valence-electron chi connectivity index (χ3n) is 4.64. The Kier molecular flexibility index (Phi) is 4.80. The second-order valence-electron chi connectivity index (χ2n) is 6.67. The van der Waals surface area contributed by atoms with Gasteiger partial charge in [0.25, 0.3) is 0 Å². The van der Waals surface area contributed by atoms with Crippen LogP contribution >= 0.6 is 0 Å². The predicted molar refractivity (Wildman–Crippen MR) is 84.6 cm³/mol. The summed E-state index contributed by atoms with van der Waals surface area (Å²) in [5.41, 5.74) is -1.34. The number of hydrogen-bond donors (Lipinski definition) is 0. The second-order valence-corrected chi connectivity index (χ2v) is 6.67. The molecule has 28 heavy (non-hydrogen) atoms. The standard InChI is InChI=1S/C18H13F6N3O/c19-17(20,21)6-5-16(8-25,9-26)10-27-7-12(11-3-1-2-4-13(11)27)14-15(28-14)18(22,23)24/h1-4,7,14-15H,5-6,10H2. The van der Waals surface area contributed by atoms with Crippen LogP contribution in [0.25, 0.3) is 10.9 Å². The lowest BCUT2D eigenvalue weighted by Gasteiger charge is -2.20. The Morgan fingerprint density at radius 2 is 1.64 bits per heavy atom. The number of rotatable bonds is 5. The van der Waals surface area contributed by atoms with Crippen molar-refractivity contribution >= 4 is 10.9 Å². The van der Waals surface area contributed by atoms with E-state index in [2.05, 4.69) is 0 Å². The van der Waals surface area contributed by atoms with E-state index >= 15 is 0 Å². The summed E-state index contributed by atoms with van der Waals surface area (Å²) in [5, 5.41) is 19.1. The minimum absolute atomic E-state index is 0.221. The van der Waals surface area contributed by atoms with Crippen molar-refractivity contribution in [1.82, 2.24) is 4.57 Å². The summed E-state index contributed by atoms with van der Waals surface area (Å²) in [5.74, 6) is 0. The summed E-state index contributed by atoms with van der Waals surface area (Å²) in [6, 6.07) is 9.62. The number of aromatic nitrogens is 1. The van der Waals surface area contributed by atoms with E-state index in [1.54, 1.807) is 36.4 Å². The van der Waals surface area contributed by atoms with Crippen molar-refractivity contribution in [1.29, 1.82) is 10.5 Å². The molecule has 4 nitrogen and oxygen atoms in total. The van der Waals surface area contributed by atoms with Crippen molar-refractivity contribution in [3.8, 4) is 12.1 Å². The fraction of sp³-hybridized carbons (Fsp3) is 0.444. The van der Waals surface area contributed by atoms with Crippen LogP contribution in [0.3, 0.4) is 0 Å². The number of nitrogens with zero attached hydrogens (tertiary/aromatic N) is 3. The van der Waals surface area contributed by atoms with Gasteiger partial charge in [-0.2, -0.15) is 36.9 Å². The lowest BCUT2D eigenvalue weighted by molar-refractivity contribution is -0.146. The summed E-state index contributed by atoms with van der Waals surface area (Å²) in [4.78, 5) is 0. The van der Waals surface area contributed by atoms with Crippen LogP contribution < -0.4 is 0 Å². The monoisotopic (exact) mass is 401 g/mol. The Balaban J connectivity index is 1.95. The first-order valence-corrected chi connectivity index (χ1v) is 8.19. The maximum absolute atomic E-state index is 12.9. The number of hydrogen-bond acceptors (Lipinski definition) is 3. The van der Waals surface area contributed by atoms with Gasteiger partial charge < -0.3 is 9.30 Å². The average molecular weight is 401 g/mol. The Labute approximate surface area is 155 Å². The predicted octanol–water partition coefficient (Wildman–Crippen LogP) is 5.02. The number of alkyl halides is 6. The number of benzene rings is 1. The van der Waals surface area contributed by atoms with Gasteiger partial charge in [0.2, 0.25) is 0 Å². The maximum Gasteiger partial charge on any atom is 0.417 e. The number of epoxide rings is 1. The molecule has 0 saturated carbocycles. The average Bonchev–Trinajstić information content (AvgIpc) is 3.36. The molecule has 1 aliphatic heterocycles. The normalized spacial score (nSPS) is 20.0. The first-order valence-electron chi connectivity index (χ1n) is 8.19. The molecule has 0 radical (unpaired) electrons. The van der Waals surface area contributed by atoms with E-state index in [0.717, 1.165) is 0 Å².